The normalized spacial score (nSPS) is 17.2. The van der Waals surface area contributed by atoms with Crippen LogP contribution in [0.15, 0.2) is 36.5 Å². The highest BCUT2D eigenvalue weighted by Gasteiger charge is 2.27. The lowest BCUT2D eigenvalue weighted by Crippen LogP contribution is -2.39. The van der Waals surface area contributed by atoms with E-state index in [1.807, 2.05) is 0 Å². The molecule has 0 aliphatic carbocycles. The van der Waals surface area contributed by atoms with Gasteiger partial charge >= 0.3 is 5.97 Å². The van der Waals surface area contributed by atoms with Crippen molar-refractivity contribution >= 4 is 11.9 Å². The first-order valence-corrected chi connectivity index (χ1v) is 6.53. The quantitative estimate of drug-likeness (QED) is 0.908. The summed E-state index contributed by atoms with van der Waals surface area (Å²) in [5.74, 6) is -1.60. The molecule has 6 heteroatoms. The molecule has 108 valence electrons. The molecule has 1 amide bonds. The maximum atomic E-state index is 13.8. The second-order valence-corrected chi connectivity index (χ2v) is 4.96. The smallest absolute Gasteiger partial charge is 0.305 e. The van der Waals surface area contributed by atoms with E-state index in [4.69, 9.17) is 5.11 Å². The van der Waals surface area contributed by atoms with Crippen LogP contribution >= 0.6 is 0 Å². The molecular formula is C15H13FN2O3. The molecule has 2 N–H and O–H groups in total. The Balaban J connectivity index is 2.06. The number of nitrogens with one attached hydrogen (secondary N) is 1. The summed E-state index contributed by atoms with van der Waals surface area (Å²) in [6.07, 6.45) is 1.54. The number of hydrogen-bond acceptors (Lipinski definition) is 2. The fraction of sp³-hybridized carbons (Fsp3) is 0.200. The molecule has 0 saturated heterocycles. The summed E-state index contributed by atoms with van der Waals surface area (Å²) < 4.78 is 15.5. The molecule has 1 aromatic carbocycles. The number of carboxylic acids is 1. The molecule has 0 saturated carbocycles. The number of amides is 1. The highest BCUT2D eigenvalue weighted by atomic mass is 19.1. The summed E-state index contributed by atoms with van der Waals surface area (Å²) in [6, 6.07) is 7.50. The molecular weight excluding hydrogens is 275 g/mol. The Kier molecular flexibility index (Phi) is 3.21. The molecule has 2 heterocycles. The fourth-order valence-corrected chi connectivity index (χ4v) is 2.58. The molecule has 0 radical (unpaired) electrons. The number of carbonyl (C=O) groups excluding carboxylic acids is 1. The Morgan fingerprint density at radius 3 is 2.90 bits per heavy atom. The number of carbonyl (C=O) groups is 2. The molecule has 3 rings (SSSR count). The van der Waals surface area contributed by atoms with Crippen LogP contribution in [0.3, 0.4) is 0 Å². The van der Waals surface area contributed by atoms with E-state index < -0.39 is 5.97 Å². The fourth-order valence-electron chi connectivity index (χ4n) is 2.58. The minimum atomic E-state index is -0.941. The van der Waals surface area contributed by atoms with Gasteiger partial charge < -0.3 is 15.0 Å². The van der Waals surface area contributed by atoms with Gasteiger partial charge in [0.05, 0.1) is 12.5 Å². The van der Waals surface area contributed by atoms with E-state index in [0.29, 0.717) is 16.8 Å². The van der Waals surface area contributed by atoms with Gasteiger partial charge in [-0.1, -0.05) is 18.2 Å². The summed E-state index contributed by atoms with van der Waals surface area (Å²) >= 11 is 0. The van der Waals surface area contributed by atoms with Gasteiger partial charge in [0.15, 0.2) is 0 Å². The first kappa shape index (κ1) is 13.4. The van der Waals surface area contributed by atoms with Gasteiger partial charge in [-0.15, -0.1) is 0 Å². The number of halogens is 1. The number of nitrogens with zero attached hydrogens (tertiary/aromatic N) is 1. The van der Waals surface area contributed by atoms with Gasteiger partial charge in [0.2, 0.25) is 0 Å². The predicted molar refractivity (Wildman–Crippen MR) is 73.4 cm³/mol. The van der Waals surface area contributed by atoms with E-state index in [1.165, 1.54) is 6.07 Å². The van der Waals surface area contributed by atoms with Gasteiger partial charge in [-0.25, -0.2) is 4.39 Å². The van der Waals surface area contributed by atoms with Crippen LogP contribution in [0.25, 0.3) is 11.1 Å². The SMILES string of the molecule is O=C(O)C[C@H]1CNC(=O)c2cc(-c3ccccc3F)cn21. The van der Waals surface area contributed by atoms with Gasteiger partial charge in [-0.05, 0) is 12.1 Å². The molecule has 0 bridgehead atoms. The second kappa shape index (κ2) is 5.05. The van der Waals surface area contributed by atoms with Crippen LogP contribution in [0.1, 0.15) is 23.0 Å². The molecule has 1 aliphatic heterocycles. The van der Waals surface area contributed by atoms with Crippen molar-refractivity contribution in [1.82, 2.24) is 9.88 Å². The zero-order valence-corrected chi connectivity index (χ0v) is 11.0. The minimum absolute atomic E-state index is 0.0985. The van der Waals surface area contributed by atoms with Gasteiger partial charge in [-0.3, -0.25) is 9.59 Å². The molecule has 5 nitrogen and oxygen atoms in total. The first-order chi connectivity index (χ1) is 10.1. The molecule has 2 aromatic rings. The van der Waals surface area contributed by atoms with E-state index >= 15 is 0 Å². The van der Waals surface area contributed by atoms with Crippen molar-refractivity contribution in [3.63, 3.8) is 0 Å². The number of aromatic nitrogens is 1. The Bertz CT molecular complexity index is 723. The van der Waals surface area contributed by atoms with Crippen molar-refractivity contribution in [2.45, 2.75) is 12.5 Å². The lowest BCUT2D eigenvalue weighted by atomic mass is 10.1. The van der Waals surface area contributed by atoms with Crippen molar-refractivity contribution in [2.24, 2.45) is 0 Å². The van der Waals surface area contributed by atoms with Crippen molar-refractivity contribution in [3.8, 4) is 11.1 Å². The third-order valence-electron chi connectivity index (χ3n) is 3.57. The van der Waals surface area contributed by atoms with E-state index in [0.717, 1.165) is 0 Å². The zero-order chi connectivity index (χ0) is 15.0. The van der Waals surface area contributed by atoms with Crippen LogP contribution in [-0.4, -0.2) is 28.1 Å². The number of hydrogen-bond donors (Lipinski definition) is 2. The van der Waals surface area contributed by atoms with Crippen LogP contribution in [0, 0.1) is 5.82 Å². The first-order valence-electron chi connectivity index (χ1n) is 6.53. The average molecular weight is 288 g/mol. The summed E-state index contributed by atoms with van der Waals surface area (Å²) in [5, 5.41) is 11.6. The third-order valence-corrected chi connectivity index (χ3v) is 3.57. The predicted octanol–water partition coefficient (Wildman–Crippen LogP) is 2.05. The Morgan fingerprint density at radius 1 is 1.43 bits per heavy atom. The van der Waals surface area contributed by atoms with Crippen LogP contribution < -0.4 is 5.32 Å². The Morgan fingerprint density at radius 2 is 2.19 bits per heavy atom. The molecule has 0 unspecified atom stereocenters. The lowest BCUT2D eigenvalue weighted by molar-refractivity contribution is -0.137. The number of rotatable bonds is 3. The maximum Gasteiger partial charge on any atom is 0.305 e. The molecule has 21 heavy (non-hydrogen) atoms. The third kappa shape index (κ3) is 2.40. The van der Waals surface area contributed by atoms with E-state index in [1.54, 1.807) is 35.0 Å². The van der Waals surface area contributed by atoms with Gasteiger partial charge in [-0.2, -0.15) is 0 Å². The molecule has 1 aromatic heterocycles. The van der Waals surface area contributed by atoms with Crippen LogP contribution in [0.2, 0.25) is 0 Å². The van der Waals surface area contributed by atoms with Crippen LogP contribution in [0.5, 0.6) is 0 Å². The number of aliphatic carboxylic acids is 1. The van der Waals surface area contributed by atoms with Gasteiger partial charge in [0.25, 0.3) is 5.91 Å². The van der Waals surface area contributed by atoms with E-state index in [9.17, 15) is 14.0 Å². The van der Waals surface area contributed by atoms with Gasteiger partial charge in [0, 0.05) is 23.9 Å². The molecule has 0 fully saturated rings. The maximum absolute atomic E-state index is 13.8. The van der Waals surface area contributed by atoms with E-state index in [2.05, 4.69) is 5.32 Å². The lowest BCUT2D eigenvalue weighted by Gasteiger charge is -2.25. The largest absolute Gasteiger partial charge is 0.481 e. The molecule has 1 atom stereocenters. The summed E-state index contributed by atoms with van der Waals surface area (Å²) in [6.45, 7) is 0.253. The number of fused-ring (bicyclic) bond motifs is 1. The monoisotopic (exact) mass is 288 g/mol. The summed E-state index contributed by atoms with van der Waals surface area (Å²) in [7, 11) is 0. The Labute approximate surface area is 120 Å². The zero-order valence-electron chi connectivity index (χ0n) is 11.0. The van der Waals surface area contributed by atoms with Crippen LogP contribution in [-0.2, 0) is 4.79 Å². The van der Waals surface area contributed by atoms with Crippen LogP contribution in [0.4, 0.5) is 4.39 Å². The second-order valence-electron chi connectivity index (χ2n) is 4.96. The van der Waals surface area contributed by atoms with Crippen molar-refractivity contribution in [1.29, 1.82) is 0 Å². The summed E-state index contributed by atoms with van der Waals surface area (Å²) in [5.41, 5.74) is 1.31. The van der Waals surface area contributed by atoms with Crippen molar-refractivity contribution in [3.05, 3.63) is 48.0 Å². The van der Waals surface area contributed by atoms with Gasteiger partial charge in [0.1, 0.15) is 11.5 Å². The highest BCUT2D eigenvalue weighted by molar-refractivity contribution is 5.95. The number of carboxylic acid groups (broad SMARTS) is 1. The molecule has 1 aliphatic rings. The minimum Gasteiger partial charge on any atom is -0.481 e. The standard InChI is InChI=1S/C15H13FN2O3/c16-12-4-2-1-3-11(12)9-5-13-15(21)17-7-10(6-14(19)20)18(13)8-9/h1-5,8,10H,6-7H2,(H,17,21)(H,19,20)/t10-/m0/s1. The summed E-state index contributed by atoms with van der Waals surface area (Å²) in [4.78, 5) is 22.8. The Hall–Kier alpha value is -2.63. The molecule has 0 spiro atoms. The topological polar surface area (TPSA) is 71.3 Å². The average Bonchev–Trinajstić information content (AvgIpc) is 2.88. The van der Waals surface area contributed by atoms with Crippen molar-refractivity contribution < 1.29 is 19.1 Å². The highest BCUT2D eigenvalue weighted by Crippen LogP contribution is 2.29. The van der Waals surface area contributed by atoms with Crippen molar-refractivity contribution in [2.75, 3.05) is 6.54 Å². The van der Waals surface area contributed by atoms with E-state index in [-0.39, 0.29) is 30.7 Å². The number of benzene rings is 1.